The average molecular weight is 377 g/mol. The fraction of sp³-hybridized carbons (Fsp3) is 0.391. The SMILES string of the molecule is O=c1[nH]nc(C2CCN(CCCCOc3ccccc3)CC2)c2ccccc12. The summed E-state index contributed by atoms with van der Waals surface area (Å²) in [5.41, 5.74) is 0.945. The molecule has 0 bridgehead atoms. The quantitative estimate of drug-likeness (QED) is 0.633. The van der Waals surface area contributed by atoms with Gasteiger partial charge in [0.2, 0.25) is 0 Å². The highest BCUT2D eigenvalue weighted by Gasteiger charge is 2.23. The van der Waals surface area contributed by atoms with E-state index in [0.717, 1.165) is 74.1 Å². The van der Waals surface area contributed by atoms with Crippen molar-refractivity contribution in [3.63, 3.8) is 0 Å². The number of rotatable bonds is 7. The Labute approximate surface area is 165 Å². The maximum Gasteiger partial charge on any atom is 0.272 e. The fourth-order valence-corrected chi connectivity index (χ4v) is 4.02. The Morgan fingerprint density at radius 2 is 1.68 bits per heavy atom. The molecule has 4 rings (SSSR count). The lowest BCUT2D eigenvalue weighted by Crippen LogP contribution is -2.34. The van der Waals surface area contributed by atoms with Crippen LogP contribution in [0.1, 0.15) is 37.3 Å². The van der Waals surface area contributed by atoms with Crippen LogP contribution in [0.3, 0.4) is 0 Å². The molecule has 1 fully saturated rings. The molecule has 0 saturated carbocycles. The zero-order valence-electron chi connectivity index (χ0n) is 16.1. The second kappa shape index (κ2) is 9.02. The molecule has 1 aromatic heterocycles. The Bertz CT molecular complexity index is 947. The lowest BCUT2D eigenvalue weighted by Gasteiger charge is -2.31. The molecule has 0 radical (unpaired) electrons. The Morgan fingerprint density at radius 1 is 0.964 bits per heavy atom. The lowest BCUT2D eigenvalue weighted by molar-refractivity contribution is 0.201. The van der Waals surface area contributed by atoms with Crippen LogP contribution in [0, 0.1) is 0 Å². The third-order valence-electron chi connectivity index (χ3n) is 5.58. The van der Waals surface area contributed by atoms with Crippen molar-refractivity contribution in [1.82, 2.24) is 15.1 Å². The summed E-state index contributed by atoms with van der Waals surface area (Å²) < 4.78 is 5.77. The lowest BCUT2D eigenvalue weighted by atomic mass is 9.90. The topological polar surface area (TPSA) is 58.2 Å². The molecule has 0 spiro atoms. The van der Waals surface area contributed by atoms with Crippen LogP contribution in [0.4, 0.5) is 0 Å². The minimum absolute atomic E-state index is 0.102. The summed E-state index contributed by atoms with van der Waals surface area (Å²) in [4.78, 5) is 14.5. The maximum absolute atomic E-state index is 12.0. The summed E-state index contributed by atoms with van der Waals surface area (Å²) in [5, 5.41) is 8.82. The predicted octanol–water partition coefficient (Wildman–Crippen LogP) is 3.96. The van der Waals surface area contributed by atoms with Crippen molar-refractivity contribution >= 4 is 10.8 Å². The van der Waals surface area contributed by atoms with Crippen molar-refractivity contribution < 1.29 is 4.74 Å². The van der Waals surface area contributed by atoms with E-state index in [9.17, 15) is 4.79 Å². The molecule has 0 atom stereocenters. The van der Waals surface area contributed by atoms with Crippen molar-refractivity contribution in [2.24, 2.45) is 0 Å². The molecule has 28 heavy (non-hydrogen) atoms. The number of likely N-dealkylation sites (tertiary alicyclic amines) is 1. The highest BCUT2D eigenvalue weighted by Crippen LogP contribution is 2.30. The van der Waals surface area contributed by atoms with Gasteiger partial charge in [0.15, 0.2) is 0 Å². The molecule has 3 aromatic rings. The van der Waals surface area contributed by atoms with Gasteiger partial charge in [-0.05, 0) is 63.5 Å². The number of aromatic amines is 1. The molecule has 1 aliphatic heterocycles. The van der Waals surface area contributed by atoms with Gasteiger partial charge in [-0.2, -0.15) is 5.10 Å². The Balaban J connectivity index is 1.24. The van der Waals surface area contributed by atoms with Gasteiger partial charge in [-0.3, -0.25) is 4.79 Å². The van der Waals surface area contributed by atoms with Crippen LogP contribution in [0.2, 0.25) is 0 Å². The molecule has 1 aliphatic rings. The molecule has 1 N–H and O–H groups in total. The third kappa shape index (κ3) is 4.42. The van der Waals surface area contributed by atoms with Crippen LogP contribution in [-0.4, -0.2) is 41.3 Å². The van der Waals surface area contributed by atoms with Crippen LogP contribution in [0.5, 0.6) is 5.75 Å². The van der Waals surface area contributed by atoms with Gasteiger partial charge in [-0.25, -0.2) is 5.10 Å². The number of hydrogen-bond donors (Lipinski definition) is 1. The van der Waals surface area contributed by atoms with E-state index in [0.29, 0.717) is 5.92 Å². The summed E-state index contributed by atoms with van der Waals surface area (Å²) in [6.45, 7) is 4.05. The van der Waals surface area contributed by atoms with Crippen LogP contribution >= 0.6 is 0 Å². The highest BCUT2D eigenvalue weighted by atomic mass is 16.5. The normalized spacial score (nSPS) is 15.7. The number of para-hydroxylation sites is 1. The molecule has 0 amide bonds. The summed E-state index contributed by atoms with van der Waals surface area (Å²) in [7, 11) is 0. The van der Waals surface area contributed by atoms with E-state index >= 15 is 0 Å². The molecule has 2 heterocycles. The Kier molecular flexibility index (Phi) is 6.02. The molecule has 5 nitrogen and oxygen atoms in total. The zero-order chi connectivity index (χ0) is 19.2. The van der Waals surface area contributed by atoms with Crippen molar-refractivity contribution in [3.8, 4) is 5.75 Å². The standard InChI is InChI=1S/C23H27N3O2/c27-23-21-11-5-4-10-20(21)22(24-25-23)18-12-15-26(16-13-18)14-6-7-17-28-19-8-2-1-3-9-19/h1-5,8-11,18H,6-7,12-17H2,(H,25,27). The number of unbranched alkanes of at least 4 members (excludes halogenated alkanes) is 1. The summed E-state index contributed by atoms with van der Waals surface area (Å²) in [6, 6.07) is 17.8. The average Bonchev–Trinajstić information content (AvgIpc) is 2.75. The van der Waals surface area contributed by atoms with Crippen LogP contribution in [-0.2, 0) is 0 Å². The molecule has 146 valence electrons. The number of aromatic nitrogens is 2. The first kappa shape index (κ1) is 18.7. The number of benzene rings is 2. The molecule has 0 aliphatic carbocycles. The number of nitrogens with one attached hydrogen (secondary N) is 1. The summed E-state index contributed by atoms with van der Waals surface area (Å²) in [6.07, 6.45) is 4.39. The number of H-pyrrole nitrogens is 1. The van der Waals surface area contributed by atoms with Gasteiger partial charge in [0.25, 0.3) is 5.56 Å². The number of ether oxygens (including phenoxy) is 1. The van der Waals surface area contributed by atoms with Gasteiger partial charge in [0.05, 0.1) is 17.7 Å². The van der Waals surface area contributed by atoms with E-state index in [4.69, 9.17) is 4.74 Å². The van der Waals surface area contributed by atoms with Gasteiger partial charge in [0.1, 0.15) is 5.75 Å². The van der Waals surface area contributed by atoms with Crippen molar-refractivity contribution in [3.05, 3.63) is 70.6 Å². The second-order valence-corrected chi connectivity index (χ2v) is 7.47. The van der Waals surface area contributed by atoms with Gasteiger partial charge in [0, 0.05) is 11.3 Å². The van der Waals surface area contributed by atoms with Gasteiger partial charge in [-0.1, -0.05) is 36.4 Å². The van der Waals surface area contributed by atoms with Gasteiger partial charge in [-0.15, -0.1) is 0 Å². The molecular formula is C23H27N3O2. The fourth-order valence-electron chi connectivity index (χ4n) is 4.02. The first-order valence-corrected chi connectivity index (χ1v) is 10.2. The second-order valence-electron chi connectivity index (χ2n) is 7.47. The number of nitrogens with zero attached hydrogens (tertiary/aromatic N) is 2. The van der Waals surface area contributed by atoms with E-state index in [1.165, 1.54) is 0 Å². The van der Waals surface area contributed by atoms with Crippen molar-refractivity contribution in [1.29, 1.82) is 0 Å². The monoisotopic (exact) mass is 377 g/mol. The molecule has 5 heteroatoms. The number of fused-ring (bicyclic) bond motifs is 1. The number of piperidine rings is 1. The van der Waals surface area contributed by atoms with Crippen molar-refractivity contribution in [2.45, 2.75) is 31.6 Å². The van der Waals surface area contributed by atoms with Crippen LogP contribution in [0.25, 0.3) is 10.8 Å². The predicted molar refractivity (Wildman–Crippen MR) is 112 cm³/mol. The van der Waals surface area contributed by atoms with E-state index in [1.807, 2.05) is 54.6 Å². The highest BCUT2D eigenvalue weighted by molar-refractivity contribution is 5.83. The van der Waals surface area contributed by atoms with E-state index in [-0.39, 0.29) is 5.56 Å². The Hall–Kier alpha value is -2.66. The molecule has 2 aromatic carbocycles. The first-order chi connectivity index (χ1) is 13.8. The molecule has 0 unspecified atom stereocenters. The van der Waals surface area contributed by atoms with Gasteiger partial charge >= 0.3 is 0 Å². The van der Waals surface area contributed by atoms with E-state index in [2.05, 4.69) is 15.1 Å². The van der Waals surface area contributed by atoms with Crippen molar-refractivity contribution in [2.75, 3.05) is 26.2 Å². The third-order valence-corrected chi connectivity index (χ3v) is 5.58. The van der Waals surface area contributed by atoms with Crippen LogP contribution in [0.15, 0.2) is 59.4 Å². The minimum Gasteiger partial charge on any atom is -0.494 e. The van der Waals surface area contributed by atoms with Gasteiger partial charge < -0.3 is 9.64 Å². The van der Waals surface area contributed by atoms with E-state index < -0.39 is 0 Å². The molecular weight excluding hydrogens is 350 g/mol. The Morgan fingerprint density at radius 3 is 2.46 bits per heavy atom. The van der Waals surface area contributed by atoms with E-state index in [1.54, 1.807) is 0 Å². The zero-order valence-corrected chi connectivity index (χ0v) is 16.1. The van der Waals surface area contributed by atoms with Crippen LogP contribution < -0.4 is 10.3 Å². The largest absolute Gasteiger partial charge is 0.494 e. The smallest absolute Gasteiger partial charge is 0.272 e. The summed E-state index contributed by atoms with van der Waals surface area (Å²) >= 11 is 0. The maximum atomic E-state index is 12.0. The minimum atomic E-state index is -0.102. The molecule has 1 saturated heterocycles. The number of hydrogen-bond acceptors (Lipinski definition) is 4. The summed E-state index contributed by atoms with van der Waals surface area (Å²) in [5.74, 6) is 1.36. The first-order valence-electron chi connectivity index (χ1n) is 10.2.